The second-order valence-corrected chi connectivity index (χ2v) is 5.93. The molecular formula is C19H16ClNO5. The maximum Gasteiger partial charge on any atom is 0.308 e. The van der Waals surface area contributed by atoms with E-state index in [2.05, 4.69) is 0 Å². The van der Waals surface area contributed by atoms with Gasteiger partial charge in [-0.1, -0.05) is 11.6 Å². The molecule has 0 bridgehead atoms. The van der Waals surface area contributed by atoms with Gasteiger partial charge in [-0.3, -0.25) is 14.2 Å². The summed E-state index contributed by atoms with van der Waals surface area (Å²) < 4.78 is 17.3. The fraction of sp³-hybridized carbons (Fsp3) is 0.158. The first-order valence-corrected chi connectivity index (χ1v) is 8.08. The lowest BCUT2D eigenvalue weighted by Crippen LogP contribution is -2.11. The van der Waals surface area contributed by atoms with E-state index in [0.29, 0.717) is 33.0 Å². The molecule has 2 aromatic carbocycles. The standard InChI is InChI=1S/C19H16ClNO5/c1-11(22)26-17-10-21(19(23)12-4-6-13(20)7-5-12)18-15(17)8-14(24-2)9-16(18)25-3/h4-10H,1-3H3. The van der Waals surface area contributed by atoms with E-state index in [9.17, 15) is 9.59 Å². The quantitative estimate of drug-likeness (QED) is 0.648. The summed E-state index contributed by atoms with van der Waals surface area (Å²) in [4.78, 5) is 24.4. The summed E-state index contributed by atoms with van der Waals surface area (Å²) in [5.41, 5.74) is 0.906. The van der Waals surface area contributed by atoms with Gasteiger partial charge in [0.1, 0.15) is 17.0 Å². The highest BCUT2D eigenvalue weighted by Crippen LogP contribution is 2.38. The summed E-state index contributed by atoms with van der Waals surface area (Å²) in [6, 6.07) is 9.85. The normalized spacial score (nSPS) is 10.6. The first kappa shape index (κ1) is 17.8. The molecule has 6 nitrogen and oxygen atoms in total. The van der Waals surface area contributed by atoms with Crippen molar-refractivity contribution in [3.63, 3.8) is 0 Å². The molecule has 0 amide bonds. The topological polar surface area (TPSA) is 66.8 Å². The summed E-state index contributed by atoms with van der Waals surface area (Å²) in [6.45, 7) is 1.29. The van der Waals surface area contributed by atoms with Crippen LogP contribution in [0.15, 0.2) is 42.6 Å². The minimum absolute atomic E-state index is 0.243. The summed E-state index contributed by atoms with van der Waals surface area (Å²) in [7, 11) is 3.01. The zero-order valence-corrected chi connectivity index (χ0v) is 15.2. The third-order valence-corrected chi connectivity index (χ3v) is 4.07. The molecule has 1 heterocycles. The Kier molecular flexibility index (Phi) is 4.86. The molecule has 3 rings (SSSR count). The van der Waals surface area contributed by atoms with Crippen molar-refractivity contribution >= 4 is 34.4 Å². The summed E-state index contributed by atoms with van der Waals surface area (Å²) in [5.74, 6) is 0.366. The van der Waals surface area contributed by atoms with Crippen molar-refractivity contribution in [3.05, 3.63) is 53.2 Å². The SMILES string of the molecule is COc1cc(OC)c2c(c1)c(OC(C)=O)cn2C(=O)c1ccc(Cl)cc1. The Labute approximate surface area is 154 Å². The maximum atomic E-state index is 13.0. The van der Waals surface area contributed by atoms with Crippen LogP contribution in [0.4, 0.5) is 0 Å². The number of carbonyl (C=O) groups excluding carboxylic acids is 2. The Hall–Kier alpha value is -2.99. The average molecular weight is 374 g/mol. The molecule has 0 radical (unpaired) electrons. The van der Waals surface area contributed by atoms with E-state index < -0.39 is 5.97 Å². The van der Waals surface area contributed by atoms with Gasteiger partial charge in [0.25, 0.3) is 5.91 Å². The molecule has 3 aromatic rings. The minimum Gasteiger partial charge on any atom is -0.497 e. The van der Waals surface area contributed by atoms with Gasteiger partial charge in [0.15, 0.2) is 5.75 Å². The number of methoxy groups -OCH3 is 2. The third-order valence-electron chi connectivity index (χ3n) is 3.82. The minimum atomic E-state index is -0.496. The molecular weight excluding hydrogens is 358 g/mol. The van der Waals surface area contributed by atoms with Gasteiger partial charge in [0.05, 0.1) is 25.8 Å². The third kappa shape index (κ3) is 3.23. The molecule has 26 heavy (non-hydrogen) atoms. The molecule has 0 saturated heterocycles. The molecule has 134 valence electrons. The lowest BCUT2D eigenvalue weighted by molar-refractivity contribution is -0.131. The Morgan fingerprint density at radius 3 is 2.27 bits per heavy atom. The lowest BCUT2D eigenvalue weighted by Gasteiger charge is -2.10. The predicted molar refractivity (Wildman–Crippen MR) is 97.5 cm³/mol. The van der Waals surface area contributed by atoms with Gasteiger partial charge in [-0.25, -0.2) is 0 Å². The van der Waals surface area contributed by atoms with Gasteiger partial charge >= 0.3 is 5.97 Å². The Morgan fingerprint density at radius 1 is 1.00 bits per heavy atom. The number of fused-ring (bicyclic) bond motifs is 1. The van der Waals surface area contributed by atoms with Crippen LogP contribution in [-0.4, -0.2) is 30.7 Å². The van der Waals surface area contributed by atoms with E-state index in [0.717, 1.165) is 0 Å². The Balaban J connectivity index is 2.25. The van der Waals surface area contributed by atoms with E-state index in [1.165, 1.54) is 31.9 Å². The van der Waals surface area contributed by atoms with Crippen molar-refractivity contribution in [2.75, 3.05) is 14.2 Å². The fourth-order valence-corrected chi connectivity index (χ4v) is 2.80. The van der Waals surface area contributed by atoms with Gasteiger partial charge in [-0.15, -0.1) is 0 Å². The van der Waals surface area contributed by atoms with Crippen LogP contribution < -0.4 is 14.2 Å². The second kappa shape index (κ2) is 7.09. The fourth-order valence-electron chi connectivity index (χ4n) is 2.67. The second-order valence-electron chi connectivity index (χ2n) is 5.49. The van der Waals surface area contributed by atoms with Crippen LogP contribution in [0.1, 0.15) is 17.3 Å². The van der Waals surface area contributed by atoms with Crippen molar-refractivity contribution in [2.45, 2.75) is 6.92 Å². The number of hydrogen-bond donors (Lipinski definition) is 0. The predicted octanol–water partition coefficient (Wildman–Crippen LogP) is 3.93. The number of esters is 1. The molecule has 1 aromatic heterocycles. The van der Waals surface area contributed by atoms with Crippen molar-refractivity contribution in [2.24, 2.45) is 0 Å². The highest BCUT2D eigenvalue weighted by Gasteiger charge is 2.21. The van der Waals surface area contributed by atoms with Gasteiger partial charge < -0.3 is 14.2 Å². The molecule has 7 heteroatoms. The summed E-state index contributed by atoms with van der Waals surface area (Å²) >= 11 is 5.89. The first-order chi connectivity index (χ1) is 12.4. The van der Waals surface area contributed by atoms with Crippen LogP contribution in [0, 0.1) is 0 Å². The van der Waals surface area contributed by atoms with Crippen molar-refractivity contribution in [1.29, 1.82) is 0 Å². The van der Waals surface area contributed by atoms with E-state index in [4.69, 9.17) is 25.8 Å². The number of nitrogens with zero attached hydrogens (tertiary/aromatic N) is 1. The molecule has 0 aliphatic carbocycles. The number of ether oxygens (including phenoxy) is 3. The van der Waals surface area contributed by atoms with E-state index in [-0.39, 0.29) is 11.7 Å². The number of hydrogen-bond acceptors (Lipinski definition) is 5. The molecule has 0 N–H and O–H groups in total. The highest BCUT2D eigenvalue weighted by atomic mass is 35.5. The summed E-state index contributed by atoms with van der Waals surface area (Å²) in [5, 5.41) is 1.06. The summed E-state index contributed by atoms with van der Waals surface area (Å²) in [6.07, 6.45) is 1.46. The first-order valence-electron chi connectivity index (χ1n) is 7.70. The Bertz CT molecular complexity index is 991. The van der Waals surface area contributed by atoms with E-state index in [1.54, 1.807) is 36.4 Å². The molecule has 0 atom stereocenters. The van der Waals surface area contributed by atoms with Gasteiger partial charge in [0.2, 0.25) is 0 Å². The number of carbonyl (C=O) groups is 2. The number of benzene rings is 2. The smallest absolute Gasteiger partial charge is 0.308 e. The van der Waals surface area contributed by atoms with Crippen LogP contribution in [0.2, 0.25) is 5.02 Å². The molecule has 0 spiro atoms. The zero-order chi connectivity index (χ0) is 18.8. The molecule has 0 saturated carbocycles. The number of aromatic nitrogens is 1. The van der Waals surface area contributed by atoms with Crippen LogP contribution in [0.25, 0.3) is 10.9 Å². The van der Waals surface area contributed by atoms with E-state index in [1.807, 2.05) is 0 Å². The van der Waals surface area contributed by atoms with Crippen molar-refractivity contribution in [1.82, 2.24) is 4.57 Å². The largest absolute Gasteiger partial charge is 0.497 e. The van der Waals surface area contributed by atoms with Crippen LogP contribution >= 0.6 is 11.6 Å². The van der Waals surface area contributed by atoms with Gasteiger partial charge in [-0.05, 0) is 30.3 Å². The average Bonchev–Trinajstić information content (AvgIpc) is 2.98. The number of halogens is 1. The van der Waals surface area contributed by atoms with E-state index >= 15 is 0 Å². The molecule has 0 unspecified atom stereocenters. The number of rotatable bonds is 4. The molecule has 0 aliphatic heterocycles. The molecule has 0 fully saturated rings. The van der Waals surface area contributed by atoms with Crippen LogP contribution in [-0.2, 0) is 4.79 Å². The lowest BCUT2D eigenvalue weighted by atomic mass is 10.2. The zero-order valence-electron chi connectivity index (χ0n) is 14.4. The van der Waals surface area contributed by atoms with Crippen molar-refractivity contribution in [3.8, 4) is 17.2 Å². The maximum absolute atomic E-state index is 13.0. The molecule has 0 aliphatic rings. The highest BCUT2D eigenvalue weighted by molar-refractivity contribution is 6.30. The Morgan fingerprint density at radius 2 is 1.69 bits per heavy atom. The van der Waals surface area contributed by atoms with Gasteiger partial charge in [-0.2, -0.15) is 0 Å². The van der Waals surface area contributed by atoms with Crippen LogP contribution in [0.3, 0.4) is 0 Å². The van der Waals surface area contributed by atoms with Crippen LogP contribution in [0.5, 0.6) is 17.2 Å². The van der Waals surface area contributed by atoms with Gasteiger partial charge in [0, 0.05) is 23.6 Å². The monoisotopic (exact) mass is 373 g/mol. The van der Waals surface area contributed by atoms with Crippen molar-refractivity contribution < 1.29 is 23.8 Å².